The monoisotopic (exact) mass is 225 g/mol. The molecule has 0 saturated carbocycles. The van der Waals surface area contributed by atoms with Gasteiger partial charge in [-0.3, -0.25) is 4.79 Å². The average molecular weight is 226 g/mol. The number of hydrogen-bond acceptors (Lipinski definition) is 1. The molecule has 2 nitrogen and oxygen atoms in total. The molecule has 0 heterocycles. The highest BCUT2D eigenvalue weighted by atomic mass is 35.5. The van der Waals surface area contributed by atoms with Gasteiger partial charge in [-0.05, 0) is 30.0 Å². The highest BCUT2D eigenvalue weighted by molar-refractivity contribution is 6.29. The number of amides is 1. The fourth-order valence-electron chi connectivity index (χ4n) is 1.32. The van der Waals surface area contributed by atoms with Gasteiger partial charge in [-0.2, -0.15) is 0 Å². The molecule has 0 unspecified atom stereocenters. The van der Waals surface area contributed by atoms with Gasteiger partial charge in [0, 0.05) is 5.69 Å². The van der Waals surface area contributed by atoms with E-state index < -0.39 is 0 Å². The summed E-state index contributed by atoms with van der Waals surface area (Å²) < 4.78 is 0. The maximum absolute atomic E-state index is 11.2. The lowest BCUT2D eigenvalue weighted by atomic mass is 10.0. The van der Waals surface area contributed by atoms with E-state index in [1.54, 1.807) is 0 Å². The van der Waals surface area contributed by atoms with Crippen molar-refractivity contribution >= 4 is 23.2 Å². The Hall–Kier alpha value is -1.02. The van der Waals surface area contributed by atoms with Crippen LogP contribution in [0.5, 0.6) is 0 Å². The summed E-state index contributed by atoms with van der Waals surface area (Å²) in [5, 5.41) is 2.78. The van der Waals surface area contributed by atoms with Crippen LogP contribution in [0.3, 0.4) is 0 Å². The van der Waals surface area contributed by atoms with Gasteiger partial charge in [-0.1, -0.05) is 26.0 Å². The van der Waals surface area contributed by atoms with Crippen molar-refractivity contribution in [3.8, 4) is 0 Å². The smallest absolute Gasteiger partial charge is 0.239 e. The molecule has 0 bridgehead atoms. The van der Waals surface area contributed by atoms with Crippen LogP contribution in [0.15, 0.2) is 18.2 Å². The summed E-state index contributed by atoms with van der Waals surface area (Å²) in [4.78, 5) is 11.2. The van der Waals surface area contributed by atoms with Crippen LogP contribution in [-0.4, -0.2) is 11.8 Å². The summed E-state index contributed by atoms with van der Waals surface area (Å²) >= 11 is 5.44. The fourth-order valence-corrected chi connectivity index (χ4v) is 1.38. The number of hydrogen-bond donors (Lipinski definition) is 1. The summed E-state index contributed by atoms with van der Waals surface area (Å²) in [5.74, 6) is 0.281. The van der Waals surface area contributed by atoms with E-state index in [1.807, 2.05) is 19.1 Å². The molecule has 0 aromatic heterocycles. The van der Waals surface area contributed by atoms with Crippen molar-refractivity contribution in [2.24, 2.45) is 0 Å². The van der Waals surface area contributed by atoms with E-state index in [0.717, 1.165) is 11.3 Å². The summed E-state index contributed by atoms with van der Waals surface area (Å²) in [6.45, 7) is 6.21. The normalized spacial score (nSPS) is 10.5. The molecule has 1 rings (SSSR count). The lowest BCUT2D eigenvalue weighted by Gasteiger charge is -2.11. The fraction of sp³-hybridized carbons (Fsp3) is 0.417. The molecule has 3 heteroatoms. The predicted octanol–water partition coefficient (Wildman–Crippen LogP) is 3.30. The van der Waals surface area contributed by atoms with Crippen LogP contribution in [0.1, 0.15) is 30.9 Å². The van der Waals surface area contributed by atoms with Crippen LogP contribution in [0.2, 0.25) is 0 Å². The number of carbonyl (C=O) groups excluding carboxylic acids is 1. The highest BCUT2D eigenvalue weighted by Gasteiger charge is 2.06. The molecule has 0 aliphatic rings. The van der Waals surface area contributed by atoms with Gasteiger partial charge in [-0.25, -0.2) is 0 Å². The molecule has 1 aromatic rings. The van der Waals surface area contributed by atoms with Crippen LogP contribution >= 0.6 is 11.6 Å². The first kappa shape index (κ1) is 12.1. The van der Waals surface area contributed by atoms with Gasteiger partial charge in [0.2, 0.25) is 5.91 Å². The van der Waals surface area contributed by atoms with E-state index in [0.29, 0.717) is 5.92 Å². The van der Waals surface area contributed by atoms with E-state index in [1.165, 1.54) is 5.56 Å². The lowest BCUT2D eigenvalue weighted by molar-refractivity contribution is -0.113. The summed E-state index contributed by atoms with van der Waals surface area (Å²) in [7, 11) is 0. The predicted molar refractivity (Wildman–Crippen MR) is 64.6 cm³/mol. The summed E-state index contributed by atoms with van der Waals surface area (Å²) in [5.41, 5.74) is 3.12. The highest BCUT2D eigenvalue weighted by Crippen LogP contribution is 2.22. The zero-order chi connectivity index (χ0) is 11.4. The van der Waals surface area contributed by atoms with Gasteiger partial charge < -0.3 is 5.32 Å². The number of halogens is 1. The second kappa shape index (κ2) is 5.17. The largest absolute Gasteiger partial charge is 0.325 e. The Morgan fingerprint density at radius 2 is 2.13 bits per heavy atom. The number of benzene rings is 1. The van der Waals surface area contributed by atoms with E-state index in [9.17, 15) is 4.79 Å². The minimum absolute atomic E-state index is 0.00859. The molecule has 82 valence electrons. The Kier molecular flexibility index (Phi) is 4.15. The molecule has 1 aromatic carbocycles. The molecule has 0 atom stereocenters. The van der Waals surface area contributed by atoms with E-state index >= 15 is 0 Å². The van der Waals surface area contributed by atoms with Gasteiger partial charge in [0.1, 0.15) is 5.88 Å². The van der Waals surface area contributed by atoms with Crippen molar-refractivity contribution in [1.29, 1.82) is 0 Å². The van der Waals surface area contributed by atoms with Gasteiger partial charge in [0.15, 0.2) is 0 Å². The SMILES string of the molecule is Cc1ccc(C(C)C)cc1NC(=O)CCl. The van der Waals surface area contributed by atoms with Crippen molar-refractivity contribution in [1.82, 2.24) is 0 Å². The molecule has 15 heavy (non-hydrogen) atoms. The standard InChI is InChI=1S/C12H16ClNO/c1-8(2)10-5-4-9(3)11(6-10)14-12(15)7-13/h4-6,8H,7H2,1-3H3,(H,14,15). The Labute approximate surface area is 95.6 Å². The van der Waals surface area contributed by atoms with Crippen molar-refractivity contribution in [3.05, 3.63) is 29.3 Å². The Balaban J connectivity index is 2.95. The van der Waals surface area contributed by atoms with Crippen LogP contribution < -0.4 is 5.32 Å². The minimum Gasteiger partial charge on any atom is -0.325 e. The Morgan fingerprint density at radius 3 is 2.67 bits per heavy atom. The molecule has 0 saturated heterocycles. The molecule has 0 radical (unpaired) electrons. The molecular formula is C12H16ClNO. The van der Waals surface area contributed by atoms with Gasteiger partial charge in [0.25, 0.3) is 0 Å². The summed E-state index contributed by atoms with van der Waals surface area (Å²) in [6.07, 6.45) is 0. The molecule has 0 aliphatic heterocycles. The second-order valence-electron chi connectivity index (χ2n) is 3.91. The second-order valence-corrected chi connectivity index (χ2v) is 4.18. The van der Waals surface area contributed by atoms with Crippen LogP contribution in [0, 0.1) is 6.92 Å². The zero-order valence-electron chi connectivity index (χ0n) is 9.30. The first-order chi connectivity index (χ1) is 7.04. The third kappa shape index (κ3) is 3.24. The number of aryl methyl sites for hydroxylation is 1. The third-order valence-electron chi connectivity index (χ3n) is 2.32. The number of rotatable bonds is 3. The third-order valence-corrected chi connectivity index (χ3v) is 2.57. The van der Waals surface area contributed by atoms with Crippen molar-refractivity contribution in [3.63, 3.8) is 0 Å². The topological polar surface area (TPSA) is 29.1 Å². The van der Waals surface area contributed by atoms with Crippen molar-refractivity contribution in [2.75, 3.05) is 11.2 Å². The maximum atomic E-state index is 11.2. The molecule has 0 aliphatic carbocycles. The molecule has 1 amide bonds. The average Bonchev–Trinajstić information content (AvgIpc) is 2.20. The first-order valence-electron chi connectivity index (χ1n) is 5.01. The molecule has 0 fully saturated rings. The van der Waals surface area contributed by atoms with Gasteiger partial charge in [-0.15, -0.1) is 11.6 Å². The zero-order valence-corrected chi connectivity index (χ0v) is 10.1. The van der Waals surface area contributed by atoms with Gasteiger partial charge >= 0.3 is 0 Å². The minimum atomic E-state index is -0.166. The number of anilines is 1. The Bertz CT molecular complexity index is 361. The van der Waals surface area contributed by atoms with E-state index in [-0.39, 0.29) is 11.8 Å². The number of alkyl halides is 1. The molecule has 0 spiro atoms. The number of nitrogens with one attached hydrogen (secondary N) is 1. The van der Waals surface area contributed by atoms with Crippen LogP contribution in [-0.2, 0) is 4.79 Å². The van der Waals surface area contributed by atoms with E-state index in [2.05, 4.69) is 25.2 Å². The van der Waals surface area contributed by atoms with Gasteiger partial charge in [0.05, 0.1) is 0 Å². The lowest BCUT2D eigenvalue weighted by Crippen LogP contribution is -2.13. The summed E-state index contributed by atoms with van der Waals surface area (Å²) in [6, 6.07) is 6.10. The van der Waals surface area contributed by atoms with Crippen molar-refractivity contribution < 1.29 is 4.79 Å². The molecule has 1 N–H and O–H groups in total. The first-order valence-corrected chi connectivity index (χ1v) is 5.54. The van der Waals surface area contributed by atoms with E-state index in [4.69, 9.17) is 11.6 Å². The van der Waals surface area contributed by atoms with Crippen LogP contribution in [0.25, 0.3) is 0 Å². The molecular weight excluding hydrogens is 210 g/mol. The quantitative estimate of drug-likeness (QED) is 0.786. The number of carbonyl (C=O) groups is 1. The maximum Gasteiger partial charge on any atom is 0.239 e. The van der Waals surface area contributed by atoms with Crippen molar-refractivity contribution in [2.45, 2.75) is 26.7 Å². The Morgan fingerprint density at radius 1 is 1.47 bits per heavy atom. The van der Waals surface area contributed by atoms with Crippen LogP contribution in [0.4, 0.5) is 5.69 Å².